The maximum atomic E-state index is 15.0. The van der Waals surface area contributed by atoms with Gasteiger partial charge in [-0.25, -0.2) is 13.9 Å². The molecular formula is C16H21FN4O4. The number of carbonyl (C=O) groups excluding carboxylic acids is 1. The van der Waals surface area contributed by atoms with Crippen LogP contribution in [0.3, 0.4) is 0 Å². The van der Waals surface area contributed by atoms with Gasteiger partial charge < -0.3 is 15.1 Å². The summed E-state index contributed by atoms with van der Waals surface area (Å²) in [5, 5.41) is 25.7. The number of rotatable bonds is 4. The normalized spacial score (nSPS) is 33.1. The van der Waals surface area contributed by atoms with Crippen molar-refractivity contribution in [1.29, 1.82) is 0 Å². The number of aliphatic hydroxyl groups is 1. The predicted molar refractivity (Wildman–Crippen MR) is 82.5 cm³/mol. The van der Waals surface area contributed by atoms with Crippen LogP contribution < -0.4 is 0 Å². The molecule has 3 fully saturated rings. The zero-order chi connectivity index (χ0) is 17.8. The molecule has 2 aliphatic carbocycles. The second-order valence-corrected chi connectivity index (χ2v) is 7.66. The van der Waals surface area contributed by atoms with Gasteiger partial charge in [-0.15, -0.1) is 5.10 Å². The van der Waals surface area contributed by atoms with Crippen molar-refractivity contribution < 1.29 is 24.2 Å². The Morgan fingerprint density at radius 2 is 2.04 bits per heavy atom. The highest BCUT2D eigenvalue weighted by atomic mass is 19.1. The van der Waals surface area contributed by atoms with E-state index in [0.717, 1.165) is 19.3 Å². The first kappa shape index (κ1) is 16.4. The van der Waals surface area contributed by atoms with Crippen LogP contribution in [0.25, 0.3) is 0 Å². The molecule has 1 aliphatic heterocycles. The molecule has 1 amide bonds. The SMILES string of the molecule is O=C(O)c1cn(C2CC(C(=O)N3CC(F)(CO)C4(CCC4)C3)C2)nn1. The number of aliphatic hydroxyl groups excluding tert-OH is 1. The van der Waals surface area contributed by atoms with Gasteiger partial charge in [0.2, 0.25) is 5.91 Å². The van der Waals surface area contributed by atoms with Gasteiger partial charge in [0.1, 0.15) is 0 Å². The van der Waals surface area contributed by atoms with Gasteiger partial charge in [0.05, 0.1) is 25.4 Å². The summed E-state index contributed by atoms with van der Waals surface area (Å²) in [7, 11) is 0. The zero-order valence-corrected chi connectivity index (χ0v) is 13.8. The fraction of sp³-hybridized carbons (Fsp3) is 0.750. The molecule has 3 aliphatic rings. The van der Waals surface area contributed by atoms with Gasteiger partial charge in [-0.3, -0.25) is 4.79 Å². The topological polar surface area (TPSA) is 109 Å². The Balaban J connectivity index is 1.38. The molecule has 1 unspecified atom stereocenters. The van der Waals surface area contributed by atoms with E-state index < -0.39 is 23.7 Å². The number of aromatic nitrogens is 3. The Labute approximate surface area is 143 Å². The third-order valence-corrected chi connectivity index (χ3v) is 6.32. The number of aromatic carboxylic acids is 1. The molecule has 9 heteroatoms. The molecular weight excluding hydrogens is 331 g/mol. The molecule has 1 aromatic rings. The number of halogens is 1. The predicted octanol–water partition coefficient (Wildman–Crippen LogP) is 0.640. The lowest BCUT2D eigenvalue weighted by molar-refractivity contribution is -0.139. The monoisotopic (exact) mass is 352 g/mol. The Morgan fingerprint density at radius 3 is 2.52 bits per heavy atom. The van der Waals surface area contributed by atoms with Crippen molar-refractivity contribution in [3.8, 4) is 0 Å². The van der Waals surface area contributed by atoms with Crippen LogP contribution in [0.1, 0.15) is 48.6 Å². The number of nitrogens with zero attached hydrogens (tertiary/aromatic N) is 4. The van der Waals surface area contributed by atoms with Crippen LogP contribution in [0.4, 0.5) is 4.39 Å². The van der Waals surface area contributed by atoms with Crippen LogP contribution in [0.2, 0.25) is 0 Å². The molecule has 8 nitrogen and oxygen atoms in total. The molecule has 2 N–H and O–H groups in total. The fourth-order valence-electron chi connectivity index (χ4n) is 4.43. The Hall–Kier alpha value is -2.03. The summed E-state index contributed by atoms with van der Waals surface area (Å²) in [5.74, 6) is -1.42. The quantitative estimate of drug-likeness (QED) is 0.823. The van der Waals surface area contributed by atoms with E-state index in [2.05, 4.69) is 10.3 Å². The van der Waals surface area contributed by atoms with Crippen molar-refractivity contribution in [2.45, 2.75) is 43.8 Å². The van der Waals surface area contributed by atoms with E-state index in [1.807, 2.05) is 0 Å². The maximum absolute atomic E-state index is 15.0. The molecule has 4 rings (SSSR count). The highest BCUT2D eigenvalue weighted by molar-refractivity contribution is 5.84. The van der Waals surface area contributed by atoms with Crippen molar-refractivity contribution in [2.24, 2.45) is 11.3 Å². The molecule has 136 valence electrons. The van der Waals surface area contributed by atoms with Gasteiger partial charge in [-0.1, -0.05) is 11.6 Å². The van der Waals surface area contributed by atoms with Crippen LogP contribution in [0.5, 0.6) is 0 Å². The van der Waals surface area contributed by atoms with Gasteiger partial charge in [-0.2, -0.15) is 0 Å². The van der Waals surface area contributed by atoms with Crippen molar-refractivity contribution in [2.75, 3.05) is 19.7 Å². The highest BCUT2D eigenvalue weighted by Gasteiger charge is 2.62. The molecule has 25 heavy (non-hydrogen) atoms. The molecule has 1 saturated heterocycles. The van der Waals surface area contributed by atoms with E-state index in [9.17, 15) is 14.7 Å². The lowest BCUT2D eigenvalue weighted by Crippen LogP contribution is -2.50. The van der Waals surface area contributed by atoms with Gasteiger partial charge in [0.25, 0.3) is 0 Å². The van der Waals surface area contributed by atoms with Gasteiger partial charge in [-0.05, 0) is 25.7 Å². The second-order valence-electron chi connectivity index (χ2n) is 7.66. The minimum absolute atomic E-state index is 0.0318. The maximum Gasteiger partial charge on any atom is 0.358 e. The molecule has 2 saturated carbocycles. The number of carboxylic acid groups (broad SMARTS) is 1. The summed E-state index contributed by atoms with van der Waals surface area (Å²) < 4.78 is 16.5. The van der Waals surface area contributed by atoms with Crippen LogP contribution in [0.15, 0.2) is 6.20 Å². The zero-order valence-electron chi connectivity index (χ0n) is 13.8. The van der Waals surface area contributed by atoms with Gasteiger partial charge in [0.15, 0.2) is 11.4 Å². The van der Waals surface area contributed by atoms with E-state index in [4.69, 9.17) is 5.11 Å². The third kappa shape index (κ3) is 2.36. The summed E-state index contributed by atoms with van der Waals surface area (Å²) >= 11 is 0. The minimum atomic E-state index is -1.69. The Morgan fingerprint density at radius 1 is 1.32 bits per heavy atom. The smallest absolute Gasteiger partial charge is 0.358 e. The number of likely N-dealkylation sites (tertiary alicyclic amines) is 1. The van der Waals surface area contributed by atoms with Crippen LogP contribution in [-0.4, -0.2) is 67.3 Å². The van der Waals surface area contributed by atoms with E-state index in [0.29, 0.717) is 19.4 Å². The van der Waals surface area contributed by atoms with E-state index in [1.165, 1.54) is 10.9 Å². The van der Waals surface area contributed by atoms with E-state index in [1.54, 1.807) is 4.90 Å². The minimum Gasteiger partial charge on any atom is -0.476 e. The lowest BCUT2D eigenvalue weighted by atomic mass is 9.61. The largest absolute Gasteiger partial charge is 0.476 e. The Bertz CT molecular complexity index is 701. The number of hydrogen-bond acceptors (Lipinski definition) is 5. The molecule has 0 radical (unpaired) electrons. The van der Waals surface area contributed by atoms with Crippen molar-refractivity contribution >= 4 is 11.9 Å². The summed E-state index contributed by atoms with van der Waals surface area (Å²) in [5.41, 5.74) is -2.37. The van der Waals surface area contributed by atoms with Crippen LogP contribution in [-0.2, 0) is 4.79 Å². The lowest BCUT2D eigenvalue weighted by Gasteiger charge is -2.45. The van der Waals surface area contributed by atoms with Crippen LogP contribution >= 0.6 is 0 Å². The molecule has 0 bridgehead atoms. The Kier molecular flexibility index (Phi) is 3.61. The standard InChI is InChI=1S/C16H21FN4O4/c17-16(9-22)8-20(7-15(16)2-1-3-15)13(23)10-4-11(5-10)21-6-12(14(24)25)18-19-21/h6,10-11,22H,1-5,7-9H2,(H,24,25). The first-order chi connectivity index (χ1) is 11.9. The molecule has 1 aromatic heterocycles. The highest BCUT2D eigenvalue weighted by Crippen LogP contribution is 2.56. The number of carboxylic acids is 1. The summed E-state index contributed by atoms with van der Waals surface area (Å²) in [4.78, 5) is 25.1. The molecule has 0 aromatic carbocycles. The third-order valence-electron chi connectivity index (χ3n) is 6.32. The van der Waals surface area contributed by atoms with Crippen molar-refractivity contribution in [3.05, 3.63) is 11.9 Å². The average molecular weight is 352 g/mol. The first-order valence-electron chi connectivity index (χ1n) is 8.61. The second kappa shape index (κ2) is 5.48. The summed E-state index contributed by atoms with van der Waals surface area (Å²) in [6.45, 7) is -0.187. The van der Waals surface area contributed by atoms with Crippen molar-refractivity contribution in [3.63, 3.8) is 0 Å². The number of carbonyl (C=O) groups is 2. The molecule has 1 spiro atoms. The van der Waals surface area contributed by atoms with Crippen molar-refractivity contribution in [1.82, 2.24) is 19.9 Å². The fourth-order valence-corrected chi connectivity index (χ4v) is 4.43. The number of hydrogen-bond donors (Lipinski definition) is 2. The molecule has 1 atom stereocenters. The average Bonchev–Trinajstić information content (AvgIpc) is 3.08. The first-order valence-corrected chi connectivity index (χ1v) is 8.61. The van der Waals surface area contributed by atoms with E-state index >= 15 is 4.39 Å². The van der Waals surface area contributed by atoms with E-state index in [-0.39, 0.29) is 30.1 Å². The van der Waals surface area contributed by atoms with Gasteiger partial charge >= 0.3 is 5.97 Å². The van der Waals surface area contributed by atoms with Crippen LogP contribution in [0, 0.1) is 11.3 Å². The summed E-state index contributed by atoms with van der Waals surface area (Å²) in [6.07, 6.45) is 4.84. The molecule has 2 heterocycles. The summed E-state index contributed by atoms with van der Waals surface area (Å²) in [6, 6.07) is -0.0530. The van der Waals surface area contributed by atoms with Gasteiger partial charge in [0, 0.05) is 17.9 Å². The number of alkyl halides is 1. The number of amides is 1.